The number of hydrogen-bond donors (Lipinski definition) is 3. The summed E-state index contributed by atoms with van der Waals surface area (Å²) in [6.45, 7) is 0.922. The number of nitrogens with zero attached hydrogens (tertiary/aromatic N) is 2. The second kappa shape index (κ2) is 7.52. The Morgan fingerprint density at radius 2 is 2.22 bits per heavy atom. The number of ether oxygens (including phenoxy) is 1. The van der Waals surface area contributed by atoms with Crippen molar-refractivity contribution in [2.75, 3.05) is 5.32 Å². The van der Waals surface area contributed by atoms with Crippen molar-refractivity contribution < 1.29 is 18.3 Å². The van der Waals surface area contributed by atoms with Crippen molar-refractivity contribution in [2.45, 2.75) is 33.4 Å². The molecule has 0 bridgehead atoms. The zero-order valence-corrected chi connectivity index (χ0v) is 12.7. The molecule has 0 fully saturated rings. The lowest BCUT2D eigenvalue weighted by atomic mass is 10.2. The maximum absolute atomic E-state index is 12.1. The highest BCUT2D eigenvalue weighted by molar-refractivity contribution is 5.90. The van der Waals surface area contributed by atoms with Crippen molar-refractivity contribution in [3.8, 4) is 5.75 Å². The van der Waals surface area contributed by atoms with Crippen LogP contribution in [0.4, 0.5) is 19.3 Å². The predicted molar refractivity (Wildman–Crippen MR) is 79.4 cm³/mol. The van der Waals surface area contributed by atoms with Crippen molar-refractivity contribution in [2.24, 2.45) is 0 Å². The number of rotatable bonds is 6. The molecule has 2 rings (SSSR count). The van der Waals surface area contributed by atoms with Crippen LogP contribution in [0.3, 0.4) is 0 Å². The Morgan fingerprint density at radius 3 is 2.83 bits per heavy atom. The van der Waals surface area contributed by atoms with E-state index in [9.17, 15) is 13.6 Å². The topological polar surface area (TPSA) is 91.9 Å². The van der Waals surface area contributed by atoms with Crippen LogP contribution in [0.2, 0.25) is 0 Å². The van der Waals surface area contributed by atoms with E-state index in [0.717, 1.165) is 0 Å². The van der Waals surface area contributed by atoms with Gasteiger partial charge < -0.3 is 15.4 Å². The number of halogens is 2. The third kappa shape index (κ3) is 4.90. The summed E-state index contributed by atoms with van der Waals surface area (Å²) in [7, 11) is 0. The van der Waals surface area contributed by atoms with E-state index in [1.165, 1.54) is 18.2 Å². The van der Waals surface area contributed by atoms with Gasteiger partial charge in [-0.3, -0.25) is 5.10 Å². The summed E-state index contributed by atoms with van der Waals surface area (Å²) in [5.41, 5.74) is 1.10. The molecule has 7 nitrogen and oxygen atoms in total. The summed E-state index contributed by atoms with van der Waals surface area (Å²) in [5.74, 6) is 1.26. The molecule has 9 heteroatoms. The van der Waals surface area contributed by atoms with Crippen molar-refractivity contribution in [3.63, 3.8) is 0 Å². The van der Waals surface area contributed by atoms with Gasteiger partial charge in [0, 0.05) is 12.1 Å². The summed E-state index contributed by atoms with van der Waals surface area (Å²) in [5, 5.41) is 11.9. The van der Waals surface area contributed by atoms with E-state index in [1.54, 1.807) is 6.92 Å². The Hall–Kier alpha value is -2.71. The van der Waals surface area contributed by atoms with Gasteiger partial charge in [-0.2, -0.15) is 13.9 Å². The minimum Gasteiger partial charge on any atom is -0.435 e. The number of H-pyrrole nitrogens is 1. The summed E-state index contributed by atoms with van der Waals surface area (Å²) >= 11 is 0. The molecule has 0 aliphatic heterocycles. The van der Waals surface area contributed by atoms with Crippen molar-refractivity contribution in [3.05, 3.63) is 35.4 Å². The van der Waals surface area contributed by atoms with E-state index in [2.05, 4.69) is 30.6 Å². The monoisotopic (exact) mass is 325 g/mol. The van der Waals surface area contributed by atoms with Crippen LogP contribution in [0.25, 0.3) is 0 Å². The summed E-state index contributed by atoms with van der Waals surface area (Å²) in [6.07, 6.45) is 0.703. The minimum atomic E-state index is -2.88. The quantitative estimate of drug-likeness (QED) is 0.761. The Kier molecular flexibility index (Phi) is 5.45. The summed E-state index contributed by atoms with van der Waals surface area (Å²) < 4.78 is 28.6. The number of alkyl halides is 2. The number of aryl methyl sites for hydroxylation is 2. The van der Waals surface area contributed by atoms with Crippen LogP contribution >= 0.6 is 0 Å². The Bertz CT molecular complexity index is 675. The lowest BCUT2D eigenvalue weighted by Gasteiger charge is -2.11. The normalized spacial score (nSPS) is 10.7. The van der Waals surface area contributed by atoms with Crippen molar-refractivity contribution in [1.82, 2.24) is 20.5 Å². The van der Waals surface area contributed by atoms with Gasteiger partial charge in [-0.05, 0) is 30.7 Å². The number of amides is 2. The Morgan fingerprint density at radius 1 is 1.43 bits per heavy atom. The molecule has 0 atom stereocenters. The number of aromatic amines is 1. The molecule has 0 saturated carbocycles. The summed E-state index contributed by atoms with van der Waals surface area (Å²) in [4.78, 5) is 16.0. The van der Waals surface area contributed by atoms with Crippen LogP contribution in [-0.2, 0) is 13.0 Å². The first kappa shape index (κ1) is 16.7. The van der Waals surface area contributed by atoms with Gasteiger partial charge in [0.1, 0.15) is 11.6 Å². The molecule has 23 heavy (non-hydrogen) atoms. The van der Waals surface area contributed by atoms with Gasteiger partial charge in [0.05, 0.1) is 6.54 Å². The molecule has 1 heterocycles. The second-order valence-corrected chi connectivity index (χ2v) is 4.71. The minimum absolute atomic E-state index is 0.0391. The fraction of sp³-hybridized carbons (Fsp3) is 0.357. The standard InChI is InChI=1S/C14H17F2N5O2/c1-3-11-19-12(21-20-11)7-17-14(22)18-10-5-4-9(6-8(10)2)23-13(15)16/h4-6,13H,3,7H2,1-2H3,(H2,17,18,22)(H,19,20,21). The largest absolute Gasteiger partial charge is 0.435 e. The van der Waals surface area contributed by atoms with Gasteiger partial charge in [-0.25, -0.2) is 9.78 Å². The number of nitrogens with one attached hydrogen (secondary N) is 3. The van der Waals surface area contributed by atoms with Crippen LogP contribution in [0.5, 0.6) is 5.75 Å². The molecule has 0 unspecified atom stereocenters. The summed E-state index contributed by atoms with van der Waals surface area (Å²) in [6, 6.07) is 3.84. The van der Waals surface area contributed by atoms with Crippen LogP contribution in [0.1, 0.15) is 24.1 Å². The van der Waals surface area contributed by atoms with E-state index in [-0.39, 0.29) is 12.3 Å². The van der Waals surface area contributed by atoms with Gasteiger partial charge in [0.25, 0.3) is 0 Å². The Balaban J connectivity index is 1.89. The smallest absolute Gasteiger partial charge is 0.387 e. The first-order chi connectivity index (χ1) is 11.0. The van der Waals surface area contributed by atoms with Gasteiger partial charge in [-0.15, -0.1) is 0 Å². The van der Waals surface area contributed by atoms with Crippen LogP contribution in [0, 0.1) is 6.92 Å². The lowest BCUT2D eigenvalue weighted by Crippen LogP contribution is -2.28. The van der Waals surface area contributed by atoms with Gasteiger partial charge in [0.15, 0.2) is 5.82 Å². The molecule has 0 saturated heterocycles. The maximum Gasteiger partial charge on any atom is 0.387 e. The molecular weight excluding hydrogens is 308 g/mol. The van der Waals surface area contributed by atoms with Gasteiger partial charge in [0.2, 0.25) is 0 Å². The molecule has 0 aliphatic rings. The number of hydrogen-bond acceptors (Lipinski definition) is 4. The molecule has 1 aromatic heterocycles. The van der Waals surface area contributed by atoms with Crippen molar-refractivity contribution >= 4 is 11.7 Å². The first-order valence-corrected chi connectivity index (χ1v) is 6.98. The molecule has 1 aromatic carbocycles. The number of benzene rings is 1. The van der Waals surface area contributed by atoms with Gasteiger partial charge >= 0.3 is 12.6 Å². The molecule has 0 aliphatic carbocycles. The molecular formula is C14H17F2N5O2. The first-order valence-electron chi connectivity index (χ1n) is 6.98. The number of carbonyl (C=O) groups excluding carboxylic acids is 1. The predicted octanol–water partition coefficient (Wildman–Crippen LogP) is 2.60. The molecule has 2 aromatic rings. The number of aromatic nitrogens is 3. The fourth-order valence-corrected chi connectivity index (χ4v) is 1.86. The fourth-order valence-electron chi connectivity index (χ4n) is 1.86. The van der Waals surface area contributed by atoms with Crippen molar-refractivity contribution in [1.29, 1.82) is 0 Å². The van der Waals surface area contributed by atoms with E-state index < -0.39 is 12.6 Å². The van der Waals surface area contributed by atoms with E-state index >= 15 is 0 Å². The second-order valence-electron chi connectivity index (χ2n) is 4.71. The van der Waals surface area contributed by atoms with E-state index in [0.29, 0.717) is 29.3 Å². The van der Waals surface area contributed by atoms with Gasteiger partial charge in [-0.1, -0.05) is 6.92 Å². The molecule has 0 spiro atoms. The van der Waals surface area contributed by atoms with E-state index in [1.807, 2.05) is 6.92 Å². The van der Waals surface area contributed by atoms with Crippen LogP contribution in [-0.4, -0.2) is 27.8 Å². The molecule has 124 valence electrons. The third-order valence-electron chi connectivity index (χ3n) is 2.98. The zero-order chi connectivity index (χ0) is 16.8. The Labute approximate surface area is 131 Å². The average molecular weight is 325 g/mol. The highest BCUT2D eigenvalue weighted by atomic mass is 19.3. The lowest BCUT2D eigenvalue weighted by molar-refractivity contribution is -0.0498. The SMILES string of the molecule is CCc1n[nH]c(CNC(=O)Nc2ccc(OC(F)F)cc2C)n1. The average Bonchev–Trinajstić information content (AvgIpc) is 2.95. The zero-order valence-electron chi connectivity index (χ0n) is 12.7. The number of carbonyl (C=O) groups is 1. The highest BCUT2D eigenvalue weighted by Gasteiger charge is 2.09. The van der Waals surface area contributed by atoms with E-state index in [4.69, 9.17) is 0 Å². The maximum atomic E-state index is 12.1. The number of urea groups is 1. The third-order valence-corrected chi connectivity index (χ3v) is 2.98. The molecule has 0 radical (unpaired) electrons. The highest BCUT2D eigenvalue weighted by Crippen LogP contribution is 2.22. The van der Waals surface area contributed by atoms with Crippen LogP contribution in [0.15, 0.2) is 18.2 Å². The molecule has 3 N–H and O–H groups in total. The van der Waals surface area contributed by atoms with Crippen LogP contribution < -0.4 is 15.4 Å². The number of anilines is 1. The molecule has 2 amide bonds.